The van der Waals surface area contributed by atoms with Crippen molar-refractivity contribution < 1.29 is 14.3 Å². The SMILES string of the molecule is CCOC(=O)c1c(NC(=O)CN=C(SC)SC)sc(C)c1-c1ccccc1. The lowest BCUT2D eigenvalue weighted by Crippen LogP contribution is -2.17. The summed E-state index contributed by atoms with van der Waals surface area (Å²) in [5.41, 5.74) is 2.12. The van der Waals surface area contributed by atoms with Crippen LogP contribution in [0.25, 0.3) is 11.1 Å². The molecule has 2 rings (SSSR count). The highest BCUT2D eigenvalue weighted by molar-refractivity contribution is 8.38. The molecule has 0 aliphatic heterocycles. The number of carbonyl (C=O) groups is 2. The summed E-state index contributed by atoms with van der Waals surface area (Å²) >= 11 is 4.37. The fourth-order valence-electron chi connectivity index (χ4n) is 2.50. The summed E-state index contributed by atoms with van der Waals surface area (Å²) in [6.07, 6.45) is 3.84. The van der Waals surface area contributed by atoms with Crippen LogP contribution >= 0.6 is 34.9 Å². The highest BCUT2D eigenvalue weighted by Crippen LogP contribution is 2.40. The molecule has 0 aliphatic carbocycles. The van der Waals surface area contributed by atoms with Crippen molar-refractivity contribution in [3.63, 3.8) is 0 Å². The van der Waals surface area contributed by atoms with Gasteiger partial charge in [0.15, 0.2) is 0 Å². The fraction of sp³-hybridized carbons (Fsp3) is 0.316. The quantitative estimate of drug-likeness (QED) is 0.406. The van der Waals surface area contributed by atoms with Crippen molar-refractivity contribution >= 4 is 56.1 Å². The lowest BCUT2D eigenvalue weighted by Gasteiger charge is -2.09. The number of hydrogen-bond acceptors (Lipinski definition) is 7. The minimum atomic E-state index is -0.437. The van der Waals surface area contributed by atoms with Gasteiger partial charge in [0.2, 0.25) is 5.91 Å². The van der Waals surface area contributed by atoms with Gasteiger partial charge in [-0.15, -0.1) is 34.9 Å². The first-order valence-electron chi connectivity index (χ1n) is 8.30. The Morgan fingerprint density at radius 3 is 2.44 bits per heavy atom. The van der Waals surface area contributed by atoms with Gasteiger partial charge in [-0.1, -0.05) is 30.3 Å². The predicted molar refractivity (Wildman–Crippen MR) is 118 cm³/mol. The molecular formula is C19H22N2O3S3. The maximum atomic E-state index is 12.6. The Morgan fingerprint density at radius 2 is 1.85 bits per heavy atom. The van der Waals surface area contributed by atoms with Crippen LogP contribution in [-0.2, 0) is 9.53 Å². The van der Waals surface area contributed by atoms with E-state index in [0.29, 0.717) is 10.6 Å². The molecule has 1 aromatic heterocycles. The number of carbonyl (C=O) groups excluding carboxylic acids is 2. The first-order valence-corrected chi connectivity index (χ1v) is 11.6. The second-order valence-electron chi connectivity index (χ2n) is 5.36. The van der Waals surface area contributed by atoms with Crippen LogP contribution in [0.3, 0.4) is 0 Å². The van der Waals surface area contributed by atoms with Crippen molar-refractivity contribution in [1.29, 1.82) is 0 Å². The van der Waals surface area contributed by atoms with E-state index in [0.717, 1.165) is 20.4 Å². The topological polar surface area (TPSA) is 67.8 Å². The molecule has 1 aromatic carbocycles. The van der Waals surface area contributed by atoms with Crippen LogP contribution in [0, 0.1) is 6.92 Å². The largest absolute Gasteiger partial charge is 0.462 e. The predicted octanol–water partition coefficient (Wildman–Crippen LogP) is 4.92. The average Bonchev–Trinajstić information content (AvgIpc) is 2.99. The number of thiophene rings is 1. The number of hydrogen-bond donors (Lipinski definition) is 1. The Kier molecular flexibility index (Phi) is 8.40. The number of nitrogens with one attached hydrogen (secondary N) is 1. The molecular weight excluding hydrogens is 400 g/mol. The summed E-state index contributed by atoms with van der Waals surface area (Å²) in [6.45, 7) is 3.98. The van der Waals surface area contributed by atoms with Crippen LogP contribution < -0.4 is 5.32 Å². The van der Waals surface area contributed by atoms with E-state index in [-0.39, 0.29) is 19.1 Å². The molecule has 0 saturated carbocycles. The first kappa shape index (κ1) is 21.5. The third-order valence-corrected chi connectivity index (χ3v) is 6.56. The summed E-state index contributed by atoms with van der Waals surface area (Å²) in [4.78, 5) is 30.2. The van der Waals surface area contributed by atoms with Crippen molar-refractivity contribution in [2.24, 2.45) is 4.99 Å². The zero-order chi connectivity index (χ0) is 19.8. The van der Waals surface area contributed by atoms with E-state index in [9.17, 15) is 9.59 Å². The molecule has 144 valence electrons. The molecule has 27 heavy (non-hydrogen) atoms. The number of thioether (sulfide) groups is 2. The summed E-state index contributed by atoms with van der Waals surface area (Å²) in [5, 5.41) is 3.34. The monoisotopic (exact) mass is 422 g/mol. The van der Waals surface area contributed by atoms with E-state index < -0.39 is 5.97 Å². The first-order chi connectivity index (χ1) is 13.0. The van der Waals surface area contributed by atoms with Crippen LogP contribution in [0.15, 0.2) is 35.3 Å². The molecule has 0 bridgehead atoms. The standard InChI is InChI=1S/C19H22N2O3S3/c1-5-24-18(23)16-15(13-9-7-6-8-10-13)12(2)27-17(16)21-14(22)11-20-19(25-3)26-4/h6-10H,5,11H2,1-4H3,(H,21,22). The highest BCUT2D eigenvalue weighted by atomic mass is 32.2. The van der Waals surface area contributed by atoms with Crippen molar-refractivity contribution in [3.05, 3.63) is 40.8 Å². The number of amides is 1. The summed E-state index contributed by atoms with van der Waals surface area (Å²) in [7, 11) is 0. The molecule has 0 aliphatic rings. The Bertz CT molecular complexity index is 826. The lowest BCUT2D eigenvalue weighted by molar-refractivity contribution is -0.114. The van der Waals surface area contributed by atoms with Gasteiger partial charge >= 0.3 is 5.97 Å². The van der Waals surface area contributed by atoms with Crippen LogP contribution in [-0.4, -0.2) is 41.9 Å². The highest BCUT2D eigenvalue weighted by Gasteiger charge is 2.25. The maximum Gasteiger partial charge on any atom is 0.341 e. The van der Waals surface area contributed by atoms with Crippen molar-refractivity contribution in [3.8, 4) is 11.1 Å². The molecule has 8 heteroatoms. The molecule has 0 radical (unpaired) electrons. The molecule has 1 amide bonds. The molecule has 0 spiro atoms. The van der Waals surface area contributed by atoms with Crippen LogP contribution in [0.5, 0.6) is 0 Å². The zero-order valence-corrected chi connectivity index (χ0v) is 18.1. The Labute approximate surface area is 172 Å². The van der Waals surface area contributed by atoms with Crippen molar-refractivity contribution in [2.45, 2.75) is 13.8 Å². The van der Waals surface area contributed by atoms with Crippen LogP contribution in [0.4, 0.5) is 5.00 Å². The second kappa shape index (κ2) is 10.5. The minimum absolute atomic E-state index is 0.0108. The van der Waals surface area contributed by atoms with Crippen molar-refractivity contribution in [1.82, 2.24) is 0 Å². The van der Waals surface area contributed by atoms with Gasteiger partial charge in [0.25, 0.3) is 0 Å². The van der Waals surface area contributed by atoms with E-state index >= 15 is 0 Å². The van der Waals surface area contributed by atoms with E-state index in [1.54, 1.807) is 6.92 Å². The van der Waals surface area contributed by atoms with Gasteiger partial charge in [0.05, 0.1) is 6.61 Å². The number of nitrogens with zero attached hydrogens (tertiary/aromatic N) is 1. The maximum absolute atomic E-state index is 12.6. The molecule has 0 atom stereocenters. The summed E-state index contributed by atoms with van der Waals surface area (Å²) in [5.74, 6) is -0.699. The Hall–Kier alpha value is -1.77. The van der Waals surface area contributed by atoms with Crippen LogP contribution in [0.1, 0.15) is 22.2 Å². The third-order valence-electron chi connectivity index (χ3n) is 3.58. The van der Waals surface area contributed by atoms with E-state index in [1.165, 1.54) is 34.9 Å². The lowest BCUT2D eigenvalue weighted by atomic mass is 10.0. The zero-order valence-electron chi connectivity index (χ0n) is 15.7. The van der Waals surface area contributed by atoms with E-state index in [1.807, 2.05) is 49.8 Å². The minimum Gasteiger partial charge on any atom is -0.462 e. The van der Waals surface area contributed by atoms with Gasteiger partial charge in [-0.25, -0.2) is 4.79 Å². The fourth-order valence-corrected chi connectivity index (χ4v) is 4.63. The molecule has 2 aromatic rings. The van der Waals surface area contributed by atoms with Gasteiger partial charge < -0.3 is 10.1 Å². The van der Waals surface area contributed by atoms with Gasteiger partial charge in [-0.3, -0.25) is 9.79 Å². The molecule has 0 saturated heterocycles. The number of anilines is 1. The van der Waals surface area contributed by atoms with Gasteiger partial charge in [-0.05, 0) is 31.9 Å². The summed E-state index contributed by atoms with van der Waals surface area (Å²) in [6, 6.07) is 9.64. The number of esters is 1. The number of aryl methyl sites for hydroxylation is 1. The third kappa shape index (κ3) is 5.60. The summed E-state index contributed by atoms with van der Waals surface area (Å²) < 4.78 is 6.08. The Balaban J connectivity index is 2.37. The van der Waals surface area contributed by atoms with Crippen molar-refractivity contribution in [2.75, 3.05) is 31.0 Å². The second-order valence-corrected chi connectivity index (χ2v) is 8.44. The number of rotatable bonds is 6. The number of aliphatic imine (C=N–C) groups is 1. The number of benzene rings is 1. The van der Waals surface area contributed by atoms with E-state index in [4.69, 9.17) is 4.74 Å². The average molecular weight is 423 g/mol. The Morgan fingerprint density at radius 1 is 1.19 bits per heavy atom. The van der Waals surface area contributed by atoms with Gasteiger partial charge in [-0.2, -0.15) is 0 Å². The molecule has 0 fully saturated rings. The van der Waals surface area contributed by atoms with Gasteiger partial charge in [0, 0.05) is 10.4 Å². The van der Waals surface area contributed by atoms with E-state index in [2.05, 4.69) is 10.3 Å². The van der Waals surface area contributed by atoms with Crippen LogP contribution in [0.2, 0.25) is 0 Å². The molecule has 1 N–H and O–H groups in total. The normalized spacial score (nSPS) is 10.4. The molecule has 0 unspecified atom stereocenters. The molecule has 1 heterocycles. The number of ether oxygens (including phenoxy) is 1. The molecule has 5 nitrogen and oxygen atoms in total. The van der Waals surface area contributed by atoms with Gasteiger partial charge in [0.1, 0.15) is 21.5 Å². The smallest absolute Gasteiger partial charge is 0.341 e.